The molecule has 0 amide bonds. The van der Waals surface area contributed by atoms with E-state index in [1.54, 1.807) is 6.07 Å². The molecule has 0 saturated carbocycles. The molecule has 1 rings (SSSR count). The predicted molar refractivity (Wildman–Crippen MR) is 54.1 cm³/mol. The monoisotopic (exact) mass is 239 g/mol. The Kier molecular flexibility index (Phi) is 4.15. The van der Waals surface area contributed by atoms with E-state index < -0.39 is 24.0 Å². The van der Waals surface area contributed by atoms with Gasteiger partial charge in [0, 0.05) is 0 Å². The fourth-order valence-corrected chi connectivity index (χ4v) is 1.24. The standard InChI is InChI=1S/C11H10FNO4/c1-17-11(16)10(15)9(14)6-2-3-7(5-13)8(12)4-6/h2-4,9-10,14-15H,1H3. The lowest BCUT2D eigenvalue weighted by Crippen LogP contribution is -2.29. The fraction of sp³-hybridized carbons (Fsp3) is 0.273. The Morgan fingerprint density at radius 1 is 1.53 bits per heavy atom. The number of halogens is 1. The minimum atomic E-state index is -1.80. The zero-order valence-corrected chi connectivity index (χ0v) is 8.92. The van der Waals surface area contributed by atoms with Gasteiger partial charge in [0.1, 0.15) is 18.0 Å². The molecule has 0 heterocycles. The summed E-state index contributed by atoms with van der Waals surface area (Å²) in [4.78, 5) is 11.0. The van der Waals surface area contributed by atoms with Crippen LogP contribution < -0.4 is 0 Å². The summed E-state index contributed by atoms with van der Waals surface area (Å²) < 4.78 is 17.5. The van der Waals surface area contributed by atoms with Crippen molar-refractivity contribution >= 4 is 5.97 Å². The van der Waals surface area contributed by atoms with Crippen molar-refractivity contribution in [3.8, 4) is 6.07 Å². The number of methoxy groups -OCH3 is 1. The maximum Gasteiger partial charge on any atom is 0.337 e. The zero-order chi connectivity index (χ0) is 13.0. The maximum absolute atomic E-state index is 13.2. The molecule has 1 aromatic rings. The lowest BCUT2D eigenvalue weighted by Gasteiger charge is -2.16. The van der Waals surface area contributed by atoms with Crippen LogP contribution in [0.25, 0.3) is 0 Å². The third-order valence-electron chi connectivity index (χ3n) is 2.20. The van der Waals surface area contributed by atoms with Crippen LogP contribution in [0.4, 0.5) is 4.39 Å². The number of esters is 1. The number of carbonyl (C=O) groups is 1. The van der Waals surface area contributed by atoms with Crippen molar-refractivity contribution in [3.05, 3.63) is 35.1 Å². The topological polar surface area (TPSA) is 90.6 Å². The molecular formula is C11H10FNO4. The highest BCUT2D eigenvalue weighted by Crippen LogP contribution is 2.20. The van der Waals surface area contributed by atoms with Gasteiger partial charge in [-0.15, -0.1) is 0 Å². The van der Waals surface area contributed by atoms with E-state index in [1.165, 1.54) is 6.07 Å². The number of nitrogens with zero attached hydrogens (tertiary/aromatic N) is 1. The molecule has 90 valence electrons. The minimum absolute atomic E-state index is 0.0144. The summed E-state index contributed by atoms with van der Waals surface area (Å²) in [5, 5.41) is 27.4. The Morgan fingerprint density at radius 3 is 2.65 bits per heavy atom. The summed E-state index contributed by atoms with van der Waals surface area (Å²) >= 11 is 0. The molecule has 6 heteroatoms. The van der Waals surface area contributed by atoms with Gasteiger partial charge in [0.2, 0.25) is 0 Å². The summed E-state index contributed by atoms with van der Waals surface area (Å²) in [6.07, 6.45) is -3.41. The second-order valence-electron chi connectivity index (χ2n) is 3.26. The summed E-state index contributed by atoms with van der Waals surface area (Å²) in [5.74, 6) is -1.86. The van der Waals surface area contributed by atoms with Gasteiger partial charge in [-0.05, 0) is 17.7 Å². The SMILES string of the molecule is COC(=O)C(O)C(O)c1ccc(C#N)c(F)c1. The van der Waals surface area contributed by atoms with E-state index in [4.69, 9.17) is 5.26 Å². The van der Waals surface area contributed by atoms with E-state index in [9.17, 15) is 19.4 Å². The third-order valence-corrected chi connectivity index (χ3v) is 2.20. The third kappa shape index (κ3) is 2.78. The lowest BCUT2D eigenvalue weighted by atomic mass is 10.0. The molecule has 0 aliphatic carbocycles. The van der Waals surface area contributed by atoms with Gasteiger partial charge in [-0.2, -0.15) is 5.26 Å². The Labute approximate surface area is 96.7 Å². The average molecular weight is 239 g/mol. The number of hydrogen-bond acceptors (Lipinski definition) is 5. The normalized spacial score (nSPS) is 13.6. The predicted octanol–water partition coefficient (Wildman–Crippen LogP) is 0.265. The first-order chi connectivity index (χ1) is 8.01. The molecule has 2 unspecified atom stereocenters. The summed E-state index contributed by atoms with van der Waals surface area (Å²) in [7, 11) is 1.05. The van der Waals surface area contributed by atoms with Crippen LogP contribution in [0.1, 0.15) is 17.2 Å². The lowest BCUT2D eigenvalue weighted by molar-refractivity contribution is -0.156. The Morgan fingerprint density at radius 2 is 2.18 bits per heavy atom. The molecule has 1 aromatic carbocycles. The summed E-state index contributed by atoms with van der Waals surface area (Å²) in [6, 6.07) is 4.90. The van der Waals surface area contributed by atoms with E-state index >= 15 is 0 Å². The number of hydrogen-bond donors (Lipinski definition) is 2. The van der Waals surface area contributed by atoms with Crippen LogP contribution in [0.3, 0.4) is 0 Å². The van der Waals surface area contributed by atoms with Crippen molar-refractivity contribution in [1.29, 1.82) is 5.26 Å². The van der Waals surface area contributed by atoms with E-state index in [0.29, 0.717) is 0 Å². The van der Waals surface area contributed by atoms with E-state index in [0.717, 1.165) is 19.2 Å². The summed E-state index contributed by atoms with van der Waals surface area (Å²) in [6.45, 7) is 0. The number of carbonyl (C=O) groups excluding carboxylic acids is 1. The molecule has 2 atom stereocenters. The number of aliphatic hydroxyl groups excluding tert-OH is 2. The number of nitriles is 1. The van der Waals surface area contributed by atoms with Crippen molar-refractivity contribution < 1.29 is 24.1 Å². The summed E-state index contributed by atoms with van der Waals surface area (Å²) in [5.41, 5.74) is -0.201. The first-order valence-electron chi connectivity index (χ1n) is 4.64. The molecule has 0 aromatic heterocycles. The van der Waals surface area contributed by atoms with Gasteiger partial charge in [0.25, 0.3) is 0 Å². The van der Waals surface area contributed by atoms with Crippen molar-refractivity contribution in [3.63, 3.8) is 0 Å². The van der Waals surface area contributed by atoms with Crippen LogP contribution in [0.5, 0.6) is 0 Å². The number of aliphatic hydroxyl groups is 2. The first kappa shape index (κ1) is 13.1. The van der Waals surface area contributed by atoms with Crippen LogP contribution in [0, 0.1) is 17.1 Å². The van der Waals surface area contributed by atoms with Gasteiger partial charge < -0.3 is 14.9 Å². The van der Waals surface area contributed by atoms with Gasteiger partial charge >= 0.3 is 5.97 Å². The fourth-order valence-electron chi connectivity index (χ4n) is 1.24. The van der Waals surface area contributed by atoms with Gasteiger partial charge in [0.05, 0.1) is 12.7 Å². The highest BCUT2D eigenvalue weighted by molar-refractivity contribution is 5.75. The van der Waals surface area contributed by atoms with Crippen molar-refractivity contribution in [2.75, 3.05) is 7.11 Å². The highest BCUT2D eigenvalue weighted by atomic mass is 19.1. The number of ether oxygens (including phenoxy) is 1. The van der Waals surface area contributed by atoms with Crippen LogP contribution in [-0.2, 0) is 9.53 Å². The number of benzene rings is 1. The first-order valence-corrected chi connectivity index (χ1v) is 4.64. The Hall–Kier alpha value is -1.97. The van der Waals surface area contributed by atoms with E-state index in [1.807, 2.05) is 0 Å². The minimum Gasteiger partial charge on any atom is -0.467 e. The quantitative estimate of drug-likeness (QED) is 0.738. The molecule has 17 heavy (non-hydrogen) atoms. The van der Waals surface area contributed by atoms with Crippen molar-refractivity contribution in [2.45, 2.75) is 12.2 Å². The largest absolute Gasteiger partial charge is 0.467 e. The van der Waals surface area contributed by atoms with Gasteiger partial charge in [0.15, 0.2) is 6.10 Å². The average Bonchev–Trinajstić information content (AvgIpc) is 2.35. The molecule has 0 aliphatic heterocycles. The Balaban J connectivity index is 2.98. The van der Waals surface area contributed by atoms with Gasteiger partial charge in [-0.1, -0.05) is 6.07 Å². The van der Waals surface area contributed by atoms with Crippen LogP contribution in [0.15, 0.2) is 18.2 Å². The maximum atomic E-state index is 13.2. The van der Waals surface area contributed by atoms with Crippen molar-refractivity contribution in [2.24, 2.45) is 0 Å². The molecule has 2 N–H and O–H groups in total. The Bertz CT molecular complexity index is 469. The van der Waals surface area contributed by atoms with E-state index in [2.05, 4.69) is 4.74 Å². The van der Waals surface area contributed by atoms with E-state index in [-0.39, 0.29) is 11.1 Å². The second-order valence-corrected chi connectivity index (χ2v) is 3.26. The van der Waals surface area contributed by atoms with Crippen molar-refractivity contribution in [1.82, 2.24) is 0 Å². The second kappa shape index (κ2) is 5.39. The van der Waals surface area contributed by atoms with Gasteiger partial charge in [-0.3, -0.25) is 0 Å². The van der Waals surface area contributed by atoms with Crippen LogP contribution in [-0.4, -0.2) is 29.4 Å². The molecule has 0 bridgehead atoms. The smallest absolute Gasteiger partial charge is 0.337 e. The molecule has 0 aliphatic rings. The highest BCUT2D eigenvalue weighted by Gasteiger charge is 2.26. The molecule has 0 spiro atoms. The van der Waals surface area contributed by atoms with Crippen LogP contribution in [0.2, 0.25) is 0 Å². The molecule has 5 nitrogen and oxygen atoms in total. The molecule has 0 radical (unpaired) electrons. The van der Waals surface area contributed by atoms with Crippen LogP contribution >= 0.6 is 0 Å². The zero-order valence-electron chi connectivity index (χ0n) is 8.92. The van der Waals surface area contributed by atoms with Gasteiger partial charge in [-0.25, -0.2) is 9.18 Å². The molecule has 0 fully saturated rings. The number of rotatable bonds is 3. The molecular weight excluding hydrogens is 229 g/mol. The molecule has 0 saturated heterocycles.